The van der Waals surface area contributed by atoms with Gasteiger partial charge in [-0.05, 0) is 31.2 Å². The average molecular weight is 252 g/mol. The van der Waals surface area contributed by atoms with Gasteiger partial charge in [0.15, 0.2) is 11.5 Å². The van der Waals surface area contributed by atoms with E-state index < -0.39 is 0 Å². The summed E-state index contributed by atoms with van der Waals surface area (Å²) in [6.45, 7) is 1.93. The van der Waals surface area contributed by atoms with Gasteiger partial charge in [-0.25, -0.2) is 9.50 Å². The van der Waals surface area contributed by atoms with E-state index in [0.29, 0.717) is 17.0 Å². The van der Waals surface area contributed by atoms with Crippen molar-refractivity contribution in [1.29, 1.82) is 5.41 Å². The number of pyridine rings is 2. The van der Waals surface area contributed by atoms with Crippen LogP contribution in [0.5, 0.6) is 0 Å². The van der Waals surface area contributed by atoms with E-state index in [4.69, 9.17) is 11.1 Å². The normalized spacial score (nSPS) is 10.8. The highest BCUT2D eigenvalue weighted by Crippen LogP contribution is 2.18. The van der Waals surface area contributed by atoms with Crippen LogP contribution in [0.15, 0.2) is 36.7 Å². The van der Waals surface area contributed by atoms with Crippen molar-refractivity contribution in [2.24, 2.45) is 5.73 Å². The molecule has 0 aromatic carbocycles. The molecular formula is C13H12N6. The number of hydrogen-bond donors (Lipinski definition) is 2. The first-order valence-electron chi connectivity index (χ1n) is 5.78. The molecule has 94 valence electrons. The summed E-state index contributed by atoms with van der Waals surface area (Å²) in [5, 5.41) is 12.0. The second-order valence-electron chi connectivity index (χ2n) is 4.21. The molecule has 3 aromatic heterocycles. The standard InChI is InChI=1S/C13H12N6/c1-8-4-5-10(11(14)15)13-17-12(18-19(8)13)9-3-2-6-16-7-9/h2-7H,1H3,(H3,14,15). The molecule has 3 heterocycles. The fourth-order valence-electron chi connectivity index (χ4n) is 1.91. The number of nitrogen functional groups attached to an aromatic ring is 1. The highest BCUT2D eigenvalue weighted by Gasteiger charge is 2.12. The average Bonchev–Trinajstić information content (AvgIpc) is 2.85. The first kappa shape index (κ1) is 11.3. The van der Waals surface area contributed by atoms with E-state index in [2.05, 4.69) is 15.1 Å². The third-order valence-electron chi connectivity index (χ3n) is 2.88. The molecular weight excluding hydrogens is 240 g/mol. The van der Waals surface area contributed by atoms with E-state index in [-0.39, 0.29) is 5.84 Å². The summed E-state index contributed by atoms with van der Waals surface area (Å²) in [7, 11) is 0. The van der Waals surface area contributed by atoms with E-state index in [1.807, 2.05) is 25.1 Å². The highest BCUT2D eigenvalue weighted by atomic mass is 15.3. The Morgan fingerprint density at radius 2 is 2.16 bits per heavy atom. The molecule has 6 nitrogen and oxygen atoms in total. The van der Waals surface area contributed by atoms with Crippen molar-refractivity contribution in [3.8, 4) is 11.4 Å². The lowest BCUT2D eigenvalue weighted by molar-refractivity contribution is 0.916. The monoisotopic (exact) mass is 252 g/mol. The Morgan fingerprint density at radius 1 is 1.32 bits per heavy atom. The first-order valence-corrected chi connectivity index (χ1v) is 5.78. The number of nitrogens with one attached hydrogen (secondary N) is 1. The largest absolute Gasteiger partial charge is 0.384 e. The number of rotatable bonds is 2. The minimum atomic E-state index is -0.0184. The van der Waals surface area contributed by atoms with Crippen LogP contribution in [0.3, 0.4) is 0 Å². The zero-order valence-electron chi connectivity index (χ0n) is 10.3. The molecule has 0 bridgehead atoms. The lowest BCUT2D eigenvalue weighted by atomic mass is 10.2. The molecule has 6 heteroatoms. The Hall–Kier alpha value is -2.76. The molecule has 0 aliphatic carbocycles. The lowest BCUT2D eigenvalue weighted by Crippen LogP contribution is -2.13. The quantitative estimate of drug-likeness (QED) is 0.532. The van der Waals surface area contributed by atoms with Crippen LogP contribution >= 0.6 is 0 Å². The number of nitrogens with two attached hydrogens (primary N) is 1. The molecule has 19 heavy (non-hydrogen) atoms. The summed E-state index contributed by atoms with van der Waals surface area (Å²) in [6, 6.07) is 7.38. The maximum atomic E-state index is 7.59. The van der Waals surface area contributed by atoms with Crippen LogP contribution in [0.2, 0.25) is 0 Å². The zero-order chi connectivity index (χ0) is 13.4. The van der Waals surface area contributed by atoms with Gasteiger partial charge in [-0.3, -0.25) is 10.4 Å². The minimum absolute atomic E-state index is 0.0184. The fraction of sp³-hybridized carbons (Fsp3) is 0.0769. The van der Waals surface area contributed by atoms with Gasteiger partial charge in [0.25, 0.3) is 0 Å². The summed E-state index contributed by atoms with van der Waals surface area (Å²) in [5.74, 6) is 0.556. The number of amidine groups is 1. The van der Waals surface area contributed by atoms with Crippen LogP contribution in [-0.2, 0) is 0 Å². The van der Waals surface area contributed by atoms with Gasteiger partial charge in [0.1, 0.15) is 5.84 Å². The number of nitrogens with zero attached hydrogens (tertiary/aromatic N) is 4. The van der Waals surface area contributed by atoms with Crippen molar-refractivity contribution in [3.05, 3.63) is 47.9 Å². The van der Waals surface area contributed by atoms with Crippen molar-refractivity contribution >= 4 is 11.5 Å². The third kappa shape index (κ3) is 1.83. The predicted octanol–water partition coefficient (Wildman–Crippen LogP) is 1.38. The van der Waals surface area contributed by atoms with Crippen LogP contribution in [-0.4, -0.2) is 25.4 Å². The summed E-state index contributed by atoms with van der Waals surface area (Å²) in [5.41, 5.74) is 8.50. The molecule has 0 saturated carbocycles. The SMILES string of the molecule is Cc1ccc(C(=N)N)c2nc(-c3cccnc3)nn12. The lowest BCUT2D eigenvalue weighted by Gasteiger charge is -2.02. The molecule has 0 atom stereocenters. The van der Waals surface area contributed by atoms with Gasteiger partial charge in [0.05, 0.1) is 5.56 Å². The Bertz CT molecular complexity index is 759. The van der Waals surface area contributed by atoms with Crippen molar-refractivity contribution in [2.45, 2.75) is 6.92 Å². The number of hydrogen-bond acceptors (Lipinski definition) is 4. The van der Waals surface area contributed by atoms with Crippen molar-refractivity contribution in [3.63, 3.8) is 0 Å². The van der Waals surface area contributed by atoms with Gasteiger partial charge in [-0.1, -0.05) is 0 Å². The van der Waals surface area contributed by atoms with E-state index in [1.54, 1.807) is 23.0 Å². The van der Waals surface area contributed by atoms with E-state index in [0.717, 1.165) is 11.3 Å². The number of aromatic nitrogens is 4. The molecule has 0 amide bonds. The highest BCUT2D eigenvalue weighted by molar-refractivity contribution is 6.00. The third-order valence-corrected chi connectivity index (χ3v) is 2.88. The summed E-state index contributed by atoms with van der Waals surface area (Å²) >= 11 is 0. The minimum Gasteiger partial charge on any atom is -0.384 e. The topological polar surface area (TPSA) is 93.0 Å². The van der Waals surface area contributed by atoms with Crippen molar-refractivity contribution < 1.29 is 0 Å². The van der Waals surface area contributed by atoms with Gasteiger partial charge in [0.2, 0.25) is 0 Å². The zero-order valence-corrected chi connectivity index (χ0v) is 10.3. The fourth-order valence-corrected chi connectivity index (χ4v) is 1.91. The van der Waals surface area contributed by atoms with E-state index in [1.165, 1.54) is 0 Å². The molecule has 0 aliphatic rings. The summed E-state index contributed by atoms with van der Waals surface area (Å²) in [4.78, 5) is 8.51. The smallest absolute Gasteiger partial charge is 0.183 e. The molecule has 0 radical (unpaired) electrons. The molecule has 0 aliphatic heterocycles. The molecule has 3 rings (SSSR count). The van der Waals surface area contributed by atoms with Gasteiger partial charge in [0, 0.05) is 23.7 Å². The second kappa shape index (κ2) is 4.16. The maximum Gasteiger partial charge on any atom is 0.183 e. The Balaban J connectivity index is 2.29. The van der Waals surface area contributed by atoms with Crippen molar-refractivity contribution in [1.82, 2.24) is 19.6 Å². The van der Waals surface area contributed by atoms with E-state index in [9.17, 15) is 0 Å². The Kier molecular flexibility index (Phi) is 2.49. The molecule has 0 fully saturated rings. The van der Waals surface area contributed by atoms with Gasteiger partial charge < -0.3 is 5.73 Å². The Morgan fingerprint density at radius 3 is 2.84 bits per heavy atom. The summed E-state index contributed by atoms with van der Waals surface area (Å²) < 4.78 is 1.69. The van der Waals surface area contributed by atoms with Crippen LogP contribution in [0.25, 0.3) is 17.0 Å². The van der Waals surface area contributed by atoms with Crippen LogP contribution in [0, 0.1) is 12.3 Å². The summed E-state index contributed by atoms with van der Waals surface area (Å²) in [6.07, 6.45) is 3.41. The van der Waals surface area contributed by atoms with Crippen LogP contribution < -0.4 is 5.73 Å². The Labute approximate surface area is 109 Å². The first-order chi connectivity index (χ1) is 9.16. The van der Waals surface area contributed by atoms with Gasteiger partial charge in [-0.15, -0.1) is 5.10 Å². The molecule has 0 unspecified atom stereocenters. The molecule has 3 N–H and O–H groups in total. The second-order valence-corrected chi connectivity index (χ2v) is 4.21. The van der Waals surface area contributed by atoms with E-state index >= 15 is 0 Å². The molecule has 0 saturated heterocycles. The predicted molar refractivity (Wildman–Crippen MR) is 72.0 cm³/mol. The van der Waals surface area contributed by atoms with Gasteiger partial charge in [-0.2, -0.15) is 0 Å². The van der Waals surface area contributed by atoms with Crippen LogP contribution in [0.4, 0.5) is 0 Å². The maximum absolute atomic E-state index is 7.59. The number of aryl methyl sites for hydroxylation is 1. The molecule has 3 aromatic rings. The van der Waals surface area contributed by atoms with Crippen LogP contribution in [0.1, 0.15) is 11.3 Å². The molecule has 0 spiro atoms. The van der Waals surface area contributed by atoms with Crippen molar-refractivity contribution in [2.75, 3.05) is 0 Å². The number of fused-ring (bicyclic) bond motifs is 1. The van der Waals surface area contributed by atoms with Gasteiger partial charge >= 0.3 is 0 Å².